The molecule has 2 aromatic carbocycles. The number of methoxy groups -OCH3 is 1. The van der Waals surface area contributed by atoms with Crippen LogP contribution in [0.5, 0.6) is 11.5 Å². The van der Waals surface area contributed by atoms with E-state index in [9.17, 15) is 14.4 Å². The lowest BCUT2D eigenvalue weighted by Gasteiger charge is -2.11. The number of ether oxygens (including phenoxy) is 3. The molecule has 9 heteroatoms. The maximum atomic E-state index is 13.1. The fourth-order valence-electron chi connectivity index (χ4n) is 3.38. The number of nitrogens with one attached hydrogen (secondary N) is 2. The lowest BCUT2D eigenvalue weighted by atomic mass is 10.1. The Morgan fingerprint density at radius 3 is 2.36 bits per heavy atom. The topological polar surface area (TPSA) is 103 Å². The number of hydrogen-bond acceptors (Lipinski definition) is 7. The number of amides is 2. The molecule has 0 saturated carbocycles. The molecule has 3 rings (SSSR count). The largest absolute Gasteiger partial charge is 0.495 e. The van der Waals surface area contributed by atoms with Crippen molar-refractivity contribution in [2.24, 2.45) is 0 Å². The minimum Gasteiger partial charge on any atom is -0.495 e. The van der Waals surface area contributed by atoms with E-state index < -0.39 is 17.8 Å². The highest BCUT2D eigenvalue weighted by molar-refractivity contribution is 7.19. The number of esters is 1. The van der Waals surface area contributed by atoms with Gasteiger partial charge in [-0.2, -0.15) is 0 Å². The third kappa shape index (κ3) is 6.42. The lowest BCUT2D eigenvalue weighted by Crippen LogP contribution is -2.21. The Morgan fingerprint density at radius 2 is 1.69 bits per heavy atom. The Hall–Kier alpha value is -3.85. The molecule has 1 aromatic heterocycles. The van der Waals surface area contributed by atoms with E-state index in [-0.39, 0.29) is 28.2 Å². The van der Waals surface area contributed by atoms with Crippen molar-refractivity contribution in [2.75, 3.05) is 24.4 Å². The molecule has 2 amide bonds. The first-order valence-electron chi connectivity index (χ1n) is 11.4. The van der Waals surface area contributed by atoms with Gasteiger partial charge in [-0.15, -0.1) is 11.3 Å². The van der Waals surface area contributed by atoms with Gasteiger partial charge < -0.3 is 24.8 Å². The molecular formula is C27H30N2O6S. The van der Waals surface area contributed by atoms with Gasteiger partial charge in [0.15, 0.2) is 6.61 Å². The Bertz CT molecular complexity index is 1280. The molecule has 0 bridgehead atoms. The Balaban J connectivity index is 1.84. The van der Waals surface area contributed by atoms with E-state index in [1.807, 2.05) is 26.0 Å². The summed E-state index contributed by atoms with van der Waals surface area (Å²) in [7, 11) is 1.51. The third-order valence-corrected chi connectivity index (χ3v) is 6.56. The molecule has 8 nitrogen and oxygen atoms in total. The quantitative estimate of drug-likeness (QED) is 0.368. The van der Waals surface area contributed by atoms with Crippen LogP contribution < -0.4 is 20.1 Å². The summed E-state index contributed by atoms with van der Waals surface area (Å²) in [6.07, 6.45) is -0.376. The van der Waals surface area contributed by atoms with Crippen LogP contribution in [0.15, 0.2) is 42.5 Å². The normalized spacial score (nSPS) is 10.6. The zero-order valence-electron chi connectivity index (χ0n) is 21.2. The fourth-order valence-corrected chi connectivity index (χ4v) is 4.49. The van der Waals surface area contributed by atoms with Crippen molar-refractivity contribution >= 4 is 39.8 Å². The van der Waals surface area contributed by atoms with Gasteiger partial charge in [0, 0.05) is 0 Å². The summed E-state index contributed by atoms with van der Waals surface area (Å²) in [5, 5.41) is 5.74. The number of carbonyl (C=O) groups is 3. The average Bonchev–Trinajstić information content (AvgIpc) is 3.15. The van der Waals surface area contributed by atoms with Crippen LogP contribution in [0.2, 0.25) is 0 Å². The highest BCUT2D eigenvalue weighted by Crippen LogP contribution is 2.35. The number of aryl methyl sites for hydroxylation is 2. The van der Waals surface area contributed by atoms with E-state index >= 15 is 0 Å². The number of anilines is 2. The van der Waals surface area contributed by atoms with Crippen LogP contribution in [-0.2, 0) is 9.53 Å². The van der Waals surface area contributed by atoms with E-state index in [0.717, 1.165) is 22.5 Å². The molecule has 0 saturated heterocycles. The van der Waals surface area contributed by atoms with Crippen molar-refractivity contribution in [3.63, 3.8) is 0 Å². The minimum absolute atomic E-state index is 0.137. The summed E-state index contributed by atoms with van der Waals surface area (Å²) in [4.78, 5) is 39.0. The lowest BCUT2D eigenvalue weighted by molar-refractivity contribution is -0.118. The van der Waals surface area contributed by atoms with Crippen LogP contribution in [0.25, 0.3) is 0 Å². The van der Waals surface area contributed by atoms with Crippen LogP contribution in [-0.4, -0.2) is 37.6 Å². The molecule has 0 aliphatic heterocycles. The van der Waals surface area contributed by atoms with E-state index in [0.29, 0.717) is 22.7 Å². The van der Waals surface area contributed by atoms with Crippen molar-refractivity contribution in [1.29, 1.82) is 0 Å². The standard InChI is InChI=1S/C27H30N2O6S/c1-15(2)35-27(32)23-18(5)24(25(31)28-20-9-7-8-10-21(20)33-6)36-26(23)29-22(30)14-34-19-12-11-16(3)17(4)13-19/h7-13,15H,14H2,1-6H3,(H,28,31)(H,29,30). The van der Waals surface area contributed by atoms with E-state index in [1.54, 1.807) is 51.1 Å². The second kappa shape index (κ2) is 11.7. The molecule has 0 aliphatic carbocycles. The highest BCUT2D eigenvalue weighted by Gasteiger charge is 2.27. The van der Waals surface area contributed by atoms with Crippen LogP contribution in [0, 0.1) is 20.8 Å². The maximum absolute atomic E-state index is 13.1. The van der Waals surface area contributed by atoms with Gasteiger partial charge in [-0.3, -0.25) is 9.59 Å². The van der Waals surface area contributed by atoms with Gasteiger partial charge in [0.25, 0.3) is 11.8 Å². The van der Waals surface area contributed by atoms with E-state index in [4.69, 9.17) is 14.2 Å². The van der Waals surface area contributed by atoms with Crippen molar-refractivity contribution in [3.8, 4) is 11.5 Å². The third-order valence-electron chi connectivity index (χ3n) is 5.36. The van der Waals surface area contributed by atoms with Crippen molar-refractivity contribution in [3.05, 3.63) is 69.6 Å². The maximum Gasteiger partial charge on any atom is 0.341 e. The van der Waals surface area contributed by atoms with Crippen LogP contribution >= 0.6 is 11.3 Å². The van der Waals surface area contributed by atoms with Gasteiger partial charge in [-0.1, -0.05) is 18.2 Å². The van der Waals surface area contributed by atoms with E-state index in [1.165, 1.54) is 7.11 Å². The Morgan fingerprint density at radius 1 is 0.972 bits per heavy atom. The molecule has 3 aromatic rings. The summed E-state index contributed by atoms with van der Waals surface area (Å²) in [6.45, 7) is 8.78. The van der Waals surface area contributed by atoms with Crippen molar-refractivity contribution in [1.82, 2.24) is 0 Å². The molecule has 0 unspecified atom stereocenters. The average molecular weight is 511 g/mol. The molecular weight excluding hydrogens is 480 g/mol. The summed E-state index contributed by atoms with van der Waals surface area (Å²) in [5.74, 6) is -0.471. The smallest absolute Gasteiger partial charge is 0.341 e. The molecule has 0 radical (unpaired) electrons. The fraction of sp³-hybridized carbons (Fsp3) is 0.296. The van der Waals surface area contributed by atoms with Crippen molar-refractivity contribution in [2.45, 2.75) is 40.7 Å². The zero-order valence-corrected chi connectivity index (χ0v) is 22.0. The van der Waals surface area contributed by atoms with Crippen molar-refractivity contribution < 1.29 is 28.6 Å². The van der Waals surface area contributed by atoms with Gasteiger partial charge in [-0.05, 0) is 75.6 Å². The second-order valence-corrected chi connectivity index (χ2v) is 9.47. The molecule has 0 aliphatic rings. The van der Waals surface area contributed by atoms with Gasteiger partial charge in [0.1, 0.15) is 16.5 Å². The number of hydrogen-bond donors (Lipinski definition) is 2. The summed E-state index contributed by atoms with van der Waals surface area (Å²) in [6, 6.07) is 12.5. The van der Waals surface area contributed by atoms with Gasteiger partial charge in [0.05, 0.1) is 29.3 Å². The van der Waals surface area contributed by atoms with Crippen LogP contribution in [0.4, 0.5) is 10.7 Å². The highest BCUT2D eigenvalue weighted by atomic mass is 32.1. The first-order chi connectivity index (χ1) is 17.1. The zero-order chi connectivity index (χ0) is 26.4. The van der Waals surface area contributed by atoms with Gasteiger partial charge in [-0.25, -0.2) is 4.79 Å². The first-order valence-corrected chi connectivity index (χ1v) is 12.2. The molecule has 0 atom stereocenters. The number of benzene rings is 2. The SMILES string of the molecule is COc1ccccc1NC(=O)c1sc(NC(=O)COc2ccc(C)c(C)c2)c(C(=O)OC(C)C)c1C. The number of para-hydroxylation sites is 2. The number of thiophene rings is 1. The number of carbonyl (C=O) groups excluding carboxylic acids is 3. The molecule has 0 spiro atoms. The van der Waals surface area contributed by atoms with E-state index in [2.05, 4.69) is 10.6 Å². The predicted molar refractivity (Wildman–Crippen MR) is 141 cm³/mol. The molecule has 0 fully saturated rings. The molecule has 1 heterocycles. The minimum atomic E-state index is -0.625. The molecule has 36 heavy (non-hydrogen) atoms. The monoisotopic (exact) mass is 510 g/mol. The second-order valence-electron chi connectivity index (χ2n) is 8.45. The number of rotatable bonds is 9. The predicted octanol–water partition coefficient (Wildman–Crippen LogP) is 5.52. The molecule has 2 N–H and O–H groups in total. The van der Waals surface area contributed by atoms with Crippen LogP contribution in [0.1, 0.15) is 50.6 Å². The Kier molecular flexibility index (Phi) is 8.71. The summed E-state index contributed by atoms with van der Waals surface area (Å²) >= 11 is 0.996. The Labute approximate surface area is 214 Å². The summed E-state index contributed by atoms with van der Waals surface area (Å²) in [5.41, 5.74) is 3.19. The van der Waals surface area contributed by atoms with Crippen LogP contribution in [0.3, 0.4) is 0 Å². The molecule has 190 valence electrons. The summed E-state index contributed by atoms with van der Waals surface area (Å²) < 4.78 is 16.3. The van der Waals surface area contributed by atoms with Gasteiger partial charge in [0.2, 0.25) is 0 Å². The first kappa shape index (κ1) is 26.7. The van der Waals surface area contributed by atoms with Gasteiger partial charge >= 0.3 is 5.97 Å².